The van der Waals surface area contributed by atoms with Gasteiger partial charge in [-0.3, -0.25) is 0 Å². The Morgan fingerprint density at radius 3 is 2.55 bits per heavy atom. The number of sulfone groups is 1. The molecule has 1 heterocycles. The maximum atomic E-state index is 11.3. The van der Waals surface area contributed by atoms with Gasteiger partial charge in [-0.15, -0.1) is 10.2 Å². The van der Waals surface area contributed by atoms with Crippen LogP contribution in [0.4, 0.5) is 0 Å². The van der Waals surface area contributed by atoms with Crippen LogP contribution in [0.2, 0.25) is 0 Å². The zero-order chi connectivity index (χ0) is 14.8. The van der Waals surface area contributed by atoms with Crippen LogP contribution in [0, 0.1) is 6.92 Å². The number of aryl methyl sites for hydroxylation is 1. The van der Waals surface area contributed by atoms with Gasteiger partial charge in [0.1, 0.15) is 21.5 Å². The van der Waals surface area contributed by atoms with Gasteiger partial charge in [0.05, 0.1) is 11.8 Å². The molecule has 0 aliphatic heterocycles. The van der Waals surface area contributed by atoms with E-state index in [0.717, 1.165) is 24.5 Å². The lowest BCUT2D eigenvalue weighted by Gasteiger charge is -2.26. The molecule has 0 amide bonds. The molecule has 6 nitrogen and oxygen atoms in total. The van der Waals surface area contributed by atoms with Crippen LogP contribution in [0.5, 0.6) is 0 Å². The van der Waals surface area contributed by atoms with Gasteiger partial charge in [-0.2, -0.15) is 0 Å². The zero-order valence-corrected chi connectivity index (χ0v) is 13.1. The van der Waals surface area contributed by atoms with Crippen molar-refractivity contribution in [3.8, 4) is 0 Å². The highest BCUT2D eigenvalue weighted by molar-refractivity contribution is 7.90. The Balaban J connectivity index is 2.15. The predicted octanol–water partition coefficient (Wildman–Crippen LogP) is 1.53. The van der Waals surface area contributed by atoms with E-state index in [9.17, 15) is 8.42 Å². The number of nitrogens with zero attached hydrogens (tertiary/aromatic N) is 3. The Kier molecular flexibility index (Phi) is 4.80. The molecular formula is C13H24N4O2S. The van der Waals surface area contributed by atoms with Crippen molar-refractivity contribution in [1.82, 2.24) is 14.8 Å². The SMILES string of the molecule is Cc1nnc(C(N)CCS(C)(=O)=O)n1C1CCCCC1. The maximum Gasteiger partial charge on any atom is 0.150 e. The van der Waals surface area contributed by atoms with Crippen LogP contribution in [0.3, 0.4) is 0 Å². The summed E-state index contributed by atoms with van der Waals surface area (Å²) in [7, 11) is -3.00. The molecule has 1 fully saturated rings. The van der Waals surface area contributed by atoms with E-state index in [2.05, 4.69) is 14.8 Å². The van der Waals surface area contributed by atoms with Crippen LogP contribution in [0.1, 0.15) is 62.3 Å². The van der Waals surface area contributed by atoms with Crippen molar-refractivity contribution in [3.63, 3.8) is 0 Å². The first-order valence-corrected chi connectivity index (χ1v) is 9.29. The average Bonchev–Trinajstić information content (AvgIpc) is 2.78. The summed E-state index contributed by atoms with van der Waals surface area (Å²) in [4.78, 5) is 0. The standard InChI is InChI=1S/C13H24N4O2S/c1-10-15-16-13(12(14)8-9-20(2,18)19)17(10)11-6-4-3-5-7-11/h11-12H,3-9,14H2,1-2H3. The van der Waals surface area contributed by atoms with E-state index >= 15 is 0 Å². The summed E-state index contributed by atoms with van der Waals surface area (Å²) in [5.74, 6) is 1.70. The minimum atomic E-state index is -3.00. The number of hydrogen-bond acceptors (Lipinski definition) is 5. The Labute approximate surface area is 120 Å². The van der Waals surface area contributed by atoms with E-state index in [1.165, 1.54) is 25.5 Å². The zero-order valence-electron chi connectivity index (χ0n) is 12.2. The molecular weight excluding hydrogens is 276 g/mol. The van der Waals surface area contributed by atoms with Gasteiger partial charge in [0, 0.05) is 12.3 Å². The number of nitrogens with two attached hydrogens (primary N) is 1. The summed E-state index contributed by atoms with van der Waals surface area (Å²) in [6.07, 6.45) is 7.61. The van der Waals surface area contributed by atoms with Gasteiger partial charge in [0.15, 0.2) is 0 Å². The van der Waals surface area contributed by atoms with E-state index in [1.807, 2.05) is 6.92 Å². The first-order chi connectivity index (χ1) is 9.38. The van der Waals surface area contributed by atoms with Crippen molar-refractivity contribution >= 4 is 9.84 Å². The highest BCUT2D eigenvalue weighted by atomic mass is 32.2. The van der Waals surface area contributed by atoms with Crippen molar-refractivity contribution in [2.24, 2.45) is 5.73 Å². The minimum absolute atomic E-state index is 0.0880. The molecule has 0 radical (unpaired) electrons. The third-order valence-electron chi connectivity index (χ3n) is 3.96. The fourth-order valence-electron chi connectivity index (χ4n) is 2.90. The molecule has 114 valence electrons. The van der Waals surface area contributed by atoms with Gasteiger partial charge < -0.3 is 10.3 Å². The topological polar surface area (TPSA) is 90.9 Å². The van der Waals surface area contributed by atoms with Crippen LogP contribution in [0.25, 0.3) is 0 Å². The fraction of sp³-hybridized carbons (Fsp3) is 0.846. The summed E-state index contributed by atoms with van der Waals surface area (Å²) in [6.45, 7) is 1.94. The molecule has 0 aromatic carbocycles. The third kappa shape index (κ3) is 3.79. The monoisotopic (exact) mass is 300 g/mol. The molecule has 2 N–H and O–H groups in total. The Hall–Kier alpha value is -0.950. The Morgan fingerprint density at radius 2 is 1.95 bits per heavy atom. The molecule has 1 saturated carbocycles. The van der Waals surface area contributed by atoms with Crippen LogP contribution < -0.4 is 5.73 Å². The average molecular weight is 300 g/mol. The molecule has 0 bridgehead atoms. The smallest absolute Gasteiger partial charge is 0.150 e. The molecule has 7 heteroatoms. The number of aromatic nitrogens is 3. The maximum absolute atomic E-state index is 11.3. The normalized spacial score (nSPS) is 19.1. The van der Waals surface area contributed by atoms with E-state index in [0.29, 0.717) is 12.5 Å². The van der Waals surface area contributed by atoms with Gasteiger partial charge in [-0.25, -0.2) is 8.42 Å². The van der Waals surface area contributed by atoms with Crippen LogP contribution >= 0.6 is 0 Å². The van der Waals surface area contributed by atoms with Crippen molar-refractivity contribution in [2.75, 3.05) is 12.0 Å². The lowest BCUT2D eigenvalue weighted by atomic mass is 9.95. The first-order valence-electron chi connectivity index (χ1n) is 7.23. The van der Waals surface area contributed by atoms with Crippen molar-refractivity contribution < 1.29 is 8.42 Å². The summed E-state index contributed by atoms with van der Waals surface area (Å²) >= 11 is 0. The second-order valence-electron chi connectivity index (χ2n) is 5.79. The van der Waals surface area contributed by atoms with Crippen molar-refractivity contribution in [2.45, 2.75) is 57.5 Å². The predicted molar refractivity (Wildman–Crippen MR) is 78.1 cm³/mol. The molecule has 0 saturated heterocycles. The van der Waals surface area contributed by atoms with Gasteiger partial charge in [0.25, 0.3) is 0 Å². The van der Waals surface area contributed by atoms with Crippen molar-refractivity contribution in [1.29, 1.82) is 0 Å². The van der Waals surface area contributed by atoms with Crippen LogP contribution in [-0.4, -0.2) is 35.2 Å². The molecule has 1 unspecified atom stereocenters. The van der Waals surface area contributed by atoms with Crippen LogP contribution in [-0.2, 0) is 9.84 Å². The van der Waals surface area contributed by atoms with Crippen molar-refractivity contribution in [3.05, 3.63) is 11.6 Å². The molecule has 1 aromatic rings. The largest absolute Gasteiger partial charge is 0.321 e. The molecule has 20 heavy (non-hydrogen) atoms. The van der Waals surface area contributed by atoms with Gasteiger partial charge >= 0.3 is 0 Å². The molecule has 1 aromatic heterocycles. The minimum Gasteiger partial charge on any atom is -0.321 e. The lowest BCUT2D eigenvalue weighted by Crippen LogP contribution is -2.24. The van der Waals surface area contributed by atoms with Gasteiger partial charge in [0.2, 0.25) is 0 Å². The number of hydrogen-bond donors (Lipinski definition) is 1. The summed E-state index contributed by atoms with van der Waals surface area (Å²) < 4.78 is 24.7. The Bertz CT molecular complexity index is 547. The highest BCUT2D eigenvalue weighted by Gasteiger charge is 2.24. The lowest BCUT2D eigenvalue weighted by molar-refractivity contribution is 0.335. The summed E-state index contributed by atoms with van der Waals surface area (Å²) in [5.41, 5.74) is 6.14. The molecule has 1 atom stereocenters. The second-order valence-corrected chi connectivity index (χ2v) is 8.05. The third-order valence-corrected chi connectivity index (χ3v) is 4.94. The summed E-state index contributed by atoms with van der Waals surface area (Å²) in [5, 5.41) is 8.33. The molecule has 1 aliphatic carbocycles. The van der Waals surface area contributed by atoms with Crippen LogP contribution in [0.15, 0.2) is 0 Å². The van der Waals surface area contributed by atoms with Gasteiger partial charge in [-0.05, 0) is 26.2 Å². The van der Waals surface area contributed by atoms with E-state index in [4.69, 9.17) is 5.73 Å². The first kappa shape index (κ1) is 15.4. The second kappa shape index (κ2) is 6.22. The molecule has 0 spiro atoms. The van der Waals surface area contributed by atoms with E-state index in [-0.39, 0.29) is 11.8 Å². The molecule has 1 aliphatic rings. The molecule has 2 rings (SSSR count). The number of rotatable bonds is 5. The summed E-state index contributed by atoms with van der Waals surface area (Å²) in [6, 6.07) is 0.0471. The fourth-order valence-corrected chi connectivity index (χ4v) is 3.58. The van der Waals surface area contributed by atoms with Gasteiger partial charge in [-0.1, -0.05) is 19.3 Å². The quantitative estimate of drug-likeness (QED) is 0.890. The Morgan fingerprint density at radius 1 is 1.30 bits per heavy atom. The highest BCUT2D eigenvalue weighted by Crippen LogP contribution is 2.31. The van der Waals surface area contributed by atoms with E-state index < -0.39 is 9.84 Å². The van der Waals surface area contributed by atoms with E-state index in [1.54, 1.807) is 0 Å².